The lowest BCUT2D eigenvalue weighted by molar-refractivity contribution is -0.137. The van der Waals surface area contributed by atoms with Gasteiger partial charge in [-0.05, 0) is 24.6 Å². The van der Waals surface area contributed by atoms with Gasteiger partial charge in [-0.15, -0.1) is 0 Å². The van der Waals surface area contributed by atoms with Crippen molar-refractivity contribution < 1.29 is 27.8 Å². The van der Waals surface area contributed by atoms with Crippen molar-refractivity contribution in [2.45, 2.75) is 18.6 Å². The Morgan fingerprint density at radius 2 is 2.17 bits per heavy atom. The van der Waals surface area contributed by atoms with E-state index in [0.717, 1.165) is 18.2 Å². The van der Waals surface area contributed by atoms with Crippen LogP contribution in [-0.2, 0) is 6.18 Å². The number of hydrogen-bond donors (Lipinski definition) is 2. The molecule has 4 nitrogen and oxygen atoms in total. The van der Waals surface area contributed by atoms with Crippen molar-refractivity contribution in [3.63, 3.8) is 0 Å². The fourth-order valence-corrected chi connectivity index (χ4v) is 2.42. The summed E-state index contributed by atoms with van der Waals surface area (Å²) in [6.07, 6.45) is 0.874. The molecule has 0 saturated carbocycles. The molecule has 0 bridgehead atoms. The summed E-state index contributed by atoms with van der Waals surface area (Å²) in [4.78, 5) is 12.4. The fourth-order valence-electron chi connectivity index (χ4n) is 2.42. The Kier molecular flexibility index (Phi) is 5.66. The predicted octanol–water partition coefficient (Wildman–Crippen LogP) is 2.94. The maximum absolute atomic E-state index is 12.9. The number of alkyl halides is 3. The molecule has 0 unspecified atom stereocenters. The molecule has 7 heteroatoms. The molecule has 0 aromatic heterocycles. The number of carbonyl (C=O) groups excluding carboxylic acids is 1. The molecule has 0 heterocycles. The lowest BCUT2D eigenvalue weighted by atomic mass is 10.1. The molecule has 2 atom stereocenters. The standard InChI is InChI=1S/C17H18F3NO3/c1-2-7-24-15-6-4-12(17(18,19)20)9-14(15)16(23)21-13-5-3-11(8-13)10-22/h2-6,9,11,13,22H,1,7-8,10H2,(H,21,23)/t11-,13+/m0/s1. The van der Waals surface area contributed by atoms with Crippen molar-refractivity contribution in [1.29, 1.82) is 0 Å². The van der Waals surface area contributed by atoms with Gasteiger partial charge in [0.05, 0.1) is 11.1 Å². The molecule has 2 N–H and O–H groups in total. The predicted molar refractivity (Wildman–Crippen MR) is 82.7 cm³/mol. The van der Waals surface area contributed by atoms with Crippen LogP contribution in [0.3, 0.4) is 0 Å². The number of nitrogens with one attached hydrogen (secondary N) is 1. The molecule has 1 aromatic rings. The van der Waals surface area contributed by atoms with Gasteiger partial charge in [-0.1, -0.05) is 24.8 Å². The molecule has 0 spiro atoms. The Bertz CT molecular complexity index is 640. The normalized spacial score (nSPS) is 20.0. The van der Waals surface area contributed by atoms with E-state index < -0.39 is 17.6 Å². The number of halogens is 3. The van der Waals surface area contributed by atoms with Crippen LogP contribution in [0.25, 0.3) is 0 Å². The van der Waals surface area contributed by atoms with E-state index in [0.29, 0.717) is 6.42 Å². The third-order valence-corrected chi connectivity index (χ3v) is 3.63. The lowest BCUT2D eigenvalue weighted by Crippen LogP contribution is -2.33. The van der Waals surface area contributed by atoms with Gasteiger partial charge in [-0.3, -0.25) is 4.79 Å². The number of amides is 1. The van der Waals surface area contributed by atoms with Crippen molar-refractivity contribution in [3.05, 3.63) is 54.1 Å². The molecule has 1 aliphatic rings. The Morgan fingerprint density at radius 1 is 1.42 bits per heavy atom. The van der Waals surface area contributed by atoms with Gasteiger partial charge in [0.25, 0.3) is 5.91 Å². The van der Waals surface area contributed by atoms with Gasteiger partial charge < -0.3 is 15.2 Å². The zero-order chi connectivity index (χ0) is 17.7. The fraction of sp³-hybridized carbons (Fsp3) is 0.353. The summed E-state index contributed by atoms with van der Waals surface area (Å²) in [6.45, 7) is 3.50. The highest BCUT2D eigenvalue weighted by Gasteiger charge is 2.32. The highest BCUT2D eigenvalue weighted by atomic mass is 19.4. The van der Waals surface area contributed by atoms with Crippen molar-refractivity contribution >= 4 is 5.91 Å². The molecule has 1 aromatic carbocycles. The summed E-state index contributed by atoms with van der Waals surface area (Å²) >= 11 is 0. The summed E-state index contributed by atoms with van der Waals surface area (Å²) in [5.41, 5.74) is -1.11. The van der Waals surface area contributed by atoms with Gasteiger partial charge in [-0.25, -0.2) is 0 Å². The monoisotopic (exact) mass is 341 g/mol. The maximum atomic E-state index is 12.9. The molecular formula is C17H18F3NO3. The Balaban J connectivity index is 2.22. The van der Waals surface area contributed by atoms with Crippen LogP contribution in [0.5, 0.6) is 5.75 Å². The highest BCUT2D eigenvalue weighted by Crippen LogP contribution is 2.33. The summed E-state index contributed by atoms with van der Waals surface area (Å²) in [6, 6.07) is 2.43. The van der Waals surface area contributed by atoms with Crippen LogP contribution in [0.1, 0.15) is 22.3 Å². The van der Waals surface area contributed by atoms with Crippen molar-refractivity contribution in [3.8, 4) is 5.75 Å². The minimum absolute atomic E-state index is 0.0415. The van der Waals surface area contributed by atoms with E-state index in [1.807, 2.05) is 0 Å². The van der Waals surface area contributed by atoms with Gasteiger partial charge in [0.1, 0.15) is 12.4 Å². The van der Waals surface area contributed by atoms with Crippen LogP contribution < -0.4 is 10.1 Å². The number of hydrogen-bond acceptors (Lipinski definition) is 3. The first-order valence-electron chi connectivity index (χ1n) is 7.40. The molecule has 2 rings (SSSR count). The van der Waals surface area contributed by atoms with Crippen LogP contribution in [0, 0.1) is 5.92 Å². The maximum Gasteiger partial charge on any atom is 0.416 e. The number of benzene rings is 1. The average Bonchev–Trinajstić information content (AvgIpc) is 2.99. The van der Waals surface area contributed by atoms with Crippen LogP contribution >= 0.6 is 0 Å². The molecule has 0 saturated heterocycles. The van der Waals surface area contributed by atoms with E-state index >= 15 is 0 Å². The third kappa shape index (κ3) is 4.38. The Morgan fingerprint density at radius 3 is 2.75 bits per heavy atom. The quantitative estimate of drug-likeness (QED) is 0.782. The van der Waals surface area contributed by atoms with E-state index in [1.54, 1.807) is 12.2 Å². The molecule has 24 heavy (non-hydrogen) atoms. The van der Waals surface area contributed by atoms with Gasteiger partial charge in [0, 0.05) is 18.6 Å². The Labute approximate surface area is 137 Å². The summed E-state index contributed by atoms with van der Waals surface area (Å²) in [7, 11) is 0. The van der Waals surface area contributed by atoms with Crippen molar-refractivity contribution in [2.24, 2.45) is 5.92 Å². The summed E-state index contributed by atoms with van der Waals surface area (Å²) in [5.74, 6) is -0.664. The molecule has 130 valence electrons. The molecule has 1 aliphatic carbocycles. The number of carbonyl (C=O) groups is 1. The van der Waals surface area contributed by atoms with E-state index in [4.69, 9.17) is 9.84 Å². The van der Waals surface area contributed by atoms with Gasteiger partial charge >= 0.3 is 6.18 Å². The van der Waals surface area contributed by atoms with E-state index in [9.17, 15) is 18.0 Å². The largest absolute Gasteiger partial charge is 0.489 e. The second kappa shape index (κ2) is 7.53. The van der Waals surface area contributed by atoms with Crippen LogP contribution in [0.15, 0.2) is 43.0 Å². The smallest absolute Gasteiger partial charge is 0.416 e. The first-order valence-corrected chi connectivity index (χ1v) is 7.40. The van der Waals surface area contributed by atoms with Gasteiger partial charge in [0.15, 0.2) is 0 Å². The number of aliphatic hydroxyl groups is 1. The molecule has 0 aliphatic heterocycles. The number of ether oxygens (including phenoxy) is 1. The second-order valence-corrected chi connectivity index (χ2v) is 5.45. The third-order valence-electron chi connectivity index (χ3n) is 3.63. The summed E-state index contributed by atoms with van der Waals surface area (Å²) in [5, 5.41) is 11.7. The van der Waals surface area contributed by atoms with Gasteiger partial charge in [-0.2, -0.15) is 13.2 Å². The van der Waals surface area contributed by atoms with Crippen LogP contribution in [0.4, 0.5) is 13.2 Å². The molecular weight excluding hydrogens is 323 g/mol. The minimum atomic E-state index is -4.55. The minimum Gasteiger partial charge on any atom is -0.489 e. The molecule has 0 fully saturated rings. The zero-order valence-corrected chi connectivity index (χ0v) is 12.8. The molecule has 1 amide bonds. The van der Waals surface area contributed by atoms with Crippen molar-refractivity contribution in [1.82, 2.24) is 5.32 Å². The molecule has 0 radical (unpaired) electrons. The van der Waals surface area contributed by atoms with Crippen LogP contribution in [0.2, 0.25) is 0 Å². The topological polar surface area (TPSA) is 58.6 Å². The van der Waals surface area contributed by atoms with Crippen LogP contribution in [-0.4, -0.2) is 30.3 Å². The SMILES string of the molecule is C=CCOc1ccc(C(F)(F)F)cc1C(=O)N[C@@H]1C=C[C@H](CO)C1. The zero-order valence-electron chi connectivity index (χ0n) is 12.8. The van der Waals surface area contributed by atoms with Gasteiger partial charge in [0.2, 0.25) is 0 Å². The van der Waals surface area contributed by atoms with E-state index in [-0.39, 0.29) is 36.5 Å². The summed E-state index contributed by atoms with van der Waals surface area (Å²) < 4.78 is 43.9. The average molecular weight is 341 g/mol. The van der Waals surface area contributed by atoms with Crippen molar-refractivity contribution in [2.75, 3.05) is 13.2 Å². The number of aliphatic hydroxyl groups excluding tert-OH is 1. The lowest BCUT2D eigenvalue weighted by Gasteiger charge is -2.16. The second-order valence-electron chi connectivity index (χ2n) is 5.45. The number of rotatable bonds is 6. The van der Waals surface area contributed by atoms with E-state index in [1.165, 1.54) is 6.08 Å². The highest BCUT2D eigenvalue weighted by molar-refractivity contribution is 5.97. The Hall–Kier alpha value is -2.28. The first-order chi connectivity index (χ1) is 11.3. The first kappa shape index (κ1) is 18.1. The van der Waals surface area contributed by atoms with E-state index in [2.05, 4.69) is 11.9 Å².